The van der Waals surface area contributed by atoms with E-state index in [1.165, 1.54) is 16.7 Å². The summed E-state index contributed by atoms with van der Waals surface area (Å²) in [6.45, 7) is 4.64. The first-order valence-corrected chi connectivity index (χ1v) is 9.80. The van der Waals surface area contributed by atoms with Gasteiger partial charge in [0.15, 0.2) is 5.96 Å². The number of halogens is 1. The Labute approximate surface area is 190 Å². The van der Waals surface area contributed by atoms with Gasteiger partial charge < -0.3 is 10.6 Å². The van der Waals surface area contributed by atoms with Gasteiger partial charge in [-0.25, -0.2) is 0 Å². The van der Waals surface area contributed by atoms with Crippen LogP contribution in [-0.4, -0.2) is 29.3 Å². The van der Waals surface area contributed by atoms with Gasteiger partial charge in [0.05, 0.1) is 6.54 Å². The van der Waals surface area contributed by atoms with Crippen LogP contribution in [-0.2, 0) is 13.1 Å². The maximum Gasteiger partial charge on any atom is 0.191 e. The monoisotopic (exact) mass is 503 g/mol. The number of aliphatic imine (C=N–C) groups is 1. The van der Waals surface area contributed by atoms with Crippen molar-refractivity contribution in [1.29, 1.82) is 0 Å². The van der Waals surface area contributed by atoms with E-state index in [0.717, 1.165) is 32.0 Å². The zero-order valence-corrected chi connectivity index (χ0v) is 19.4. The van der Waals surface area contributed by atoms with Gasteiger partial charge in [-0.2, -0.15) is 5.10 Å². The Morgan fingerprint density at radius 1 is 1.00 bits per heavy atom. The molecule has 154 valence electrons. The largest absolute Gasteiger partial charge is 0.356 e. The van der Waals surface area contributed by atoms with E-state index in [-0.39, 0.29) is 24.0 Å². The topological polar surface area (TPSA) is 54.2 Å². The highest BCUT2D eigenvalue weighted by atomic mass is 127. The van der Waals surface area contributed by atoms with Gasteiger partial charge in [-0.3, -0.25) is 9.67 Å². The smallest absolute Gasteiger partial charge is 0.191 e. The van der Waals surface area contributed by atoms with Gasteiger partial charge in [0, 0.05) is 32.5 Å². The highest BCUT2D eigenvalue weighted by Gasteiger charge is 2.07. The zero-order valence-electron chi connectivity index (χ0n) is 17.1. The van der Waals surface area contributed by atoms with Gasteiger partial charge >= 0.3 is 0 Å². The third-order valence-electron chi connectivity index (χ3n) is 4.92. The molecular formula is C23H30IN5. The van der Waals surface area contributed by atoms with Gasteiger partial charge in [-0.15, -0.1) is 24.0 Å². The predicted octanol–water partition coefficient (Wildman–Crippen LogP) is 4.41. The van der Waals surface area contributed by atoms with E-state index in [1.54, 1.807) is 0 Å². The van der Waals surface area contributed by atoms with Crippen LogP contribution in [0.3, 0.4) is 0 Å². The molecule has 0 radical (unpaired) electrons. The molecule has 0 saturated carbocycles. The molecule has 2 N–H and O–H groups in total. The molecule has 3 rings (SSSR count). The first-order chi connectivity index (χ1) is 13.8. The molecule has 0 aliphatic rings. The maximum absolute atomic E-state index is 4.35. The van der Waals surface area contributed by atoms with Crippen LogP contribution in [0.4, 0.5) is 0 Å². The highest BCUT2D eigenvalue weighted by molar-refractivity contribution is 14.0. The quantitative estimate of drug-likeness (QED) is 0.272. The summed E-state index contributed by atoms with van der Waals surface area (Å²) in [7, 11) is 1.81. The van der Waals surface area contributed by atoms with Crippen LogP contribution >= 0.6 is 24.0 Å². The summed E-state index contributed by atoms with van der Waals surface area (Å²) in [5, 5.41) is 11.2. The first-order valence-electron chi connectivity index (χ1n) is 9.80. The lowest BCUT2D eigenvalue weighted by atomic mass is 9.98. The summed E-state index contributed by atoms with van der Waals surface area (Å²) in [4.78, 5) is 4.35. The Bertz CT molecular complexity index is 862. The minimum absolute atomic E-state index is 0. The van der Waals surface area contributed by atoms with Gasteiger partial charge in [0.25, 0.3) is 0 Å². The van der Waals surface area contributed by atoms with E-state index < -0.39 is 0 Å². The molecule has 1 heterocycles. The normalized spacial score (nSPS) is 12.1. The summed E-state index contributed by atoms with van der Waals surface area (Å²) >= 11 is 0. The Morgan fingerprint density at radius 3 is 2.41 bits per heavy atom. The van der Waals surface area contributed by atoms with E-state index in [0.29, 0.717) is 5.92 Å². The molecular weight excluding hydrogens is 473 g/mol. The molecule has 0 amide bonds. The van der Waals surface area contributed by atoms with Gasteiger partial charge in [0.2, 0.25) is 0 Å². The van der Waals surface area contributed by atoms with Crippen molar-refractivity contribution < 1.29 is 0 Å². The SMILES string of the molecule is CN=C(NCCC(C)c1ccccc1)NCc1ccccc1Cn1cccn1.I. The molecule has 6 heteroatoms. The summed E-state index contributed by atoms with van der Waals surface area (Å²) in [6.07, 6.45) is 4.85. The minimum Gasteiger partial charge on any atom is -0.356 e. The standard InChI is InChI=1S/C23H29N5.HI/c1-19(20-9-4-3-5-10-20)13-15-25-23(24-2)26-17-21-11-6-7-12-22(21)18-28-16-8-14-27-28;/h3-12,14,16,19H,13,15,17-18H2,1-2H3,(H2,24,25,26);1H. The van der Waals surface area contributed by atoms with Crippen LogP contribution in [0.25, 0.3) is 0 Å². The molecule has 0 bridgehead atoms. The van der Waals surface area contributed by atoms with Gasteiger partial charge in [-0.1, -0.05) is 61.5 Å². The lowest BCUT2D eigenvalue weighted by Crippen LogP contribution is -2.37. The molecule has 0 fully saturated rings. The lowest BCUT2D eigenvalue weighted by Gasteiger charge is -2.16. The Morgan fingerprint density at radius 2 is 1.72 bits per heavy atom. The van der Waals surface area contributed by atoms with Gasteiger partial charge in [0.1, 0.15) is 0 Å². The molecule has 0 spiro atoms. The number of hydrogen-bond donors (Lipinski definition) is 2. The summed E-state index contributed by atoms with van der Waals surface area (Å²) < 4.78 is 1.94. The summed E-state index contributed by atoms with van der Waals surface area (Å²) in [6, 6.07) is 21.0. The van der Waals surface area contributed by atoms with E-state index >= 15 is 0 Å². The van der Waals surface area contributed by atoms with Gasteiger partial charge in [-0.05, 0) is 35.1 Å². The molecule has 0 aliphatic heterocycles. The van der Waals surface area contributed by atoms with Crippen molar-refractivity contribution in [3.8, 4) is 0 Å². The zero-order chi connectivity index (χ0) is 19.6. The third kappa shape index (κ3) is 7.20. The Hall–Kier alpha value is -2.35. The Balaban J connectivity index is 0.00000300. The lowest BCUT2D eigenvalue weighted by molar-refractivity contribution is 0.650. The summed E-state index contributed by atoms with van der Waals surface area (Å²) in [5.41, 5.74) is 3.88. The molecule has 1 unspecified atom stereocenters. The number of guanidine groups is 1. The van der Waals surface area contributed by atoms with E-state index in [2.05, 4.69) is 82.2 Å². The number of nitrogens with one attached hydrogen (secondary N) is 2. The van der Waals surface area contributed by atoms with Crippen molar-refractivity contribution in [3.05, 3.63) is 89.7 Å². The van der Waals surface area contributed by atoms with E-state index in [4.69, 9.17) is 0 Å². The number of nitrogens with zero attached hydrogens (tertiary/aromatic N) is 3. The maximum atomic E-state index is 4.35. The fourth-order valence-corrected chi connectivity index (χ4v) is 3.21. The average molecular weight is 503 g/mol. The predicted molar refractivity (Wildman–Crippen MR) is 131 cm³/mol. The van der Waals surface area contributed by atoms with Crippen molar-refractivity contribution in [2.75, 3.05) is 13.6 Å². The second kappa shape index (κ2) is 12.3. The second-order valence-corrected chi connectivity index (χ2v) is 6.93. The first kappa shape index (κ1) is 22.9. The average Bonchev–Trinajstić information content (AvgIpc) is 3.25. The molecule has 29 heavy (non-hydrogen) atoms. The van der Waals surface area contributed by atoms with E-state index in [1.807, 2.05) is 30.2 Å². The molecule has 3 aromatic rings. The molecule has 2 aromatic carbocycles. The highest BCUT2D eigenvalue weighted by Crippen LogP contribution is 2.17. The van der Waals surface area contributed by atoms with Crippen LogP contribution in [0.1, 0.15) is 36.0 Å². The van der Waals surface area contributed by atoms with Crippen molar-refractivity contribution >= 4 is 29.9 Å². The third-order valence-corrected chi connectivity index (χ3v) is 4.92. The number of hydrogen-bond acceptors (Lipinski definition) is 2. The summed E-state index contributed by atoms with van der Waals surface area (Å²) in [5.74, 6) is 1.34. The molecule has 1 atom stereocenters. The molecule has 1 aromatic heterocycles. The van der Waals surface area contributed by atoms with Crippen LogP contribution in [0.15, 0.2) is 78.0 Å². The van der Waals surface area contributed by atoms with Crippen LogP contribution < -0.4 is 10.6 Å². The second-order valence-electron chi connectivity index (χ2n) is 6.93. The fourth-order valence-electron chi connectivity index (χ4n) is 3.21. The number of rotatable bonds is 8. The van der Waals surface area contributed by atoms with Crippen LogP contribution in [0, 0.1) is 0 Å². The van der Waals surface area contributed by atoms with Crippen LogP contribution in [0.5, 0.6) is 0 Å². The molecule has 0 saturated heterocycles. The minimum atomic E-state index is 0. The molecule has 5 nitrogen and oxygen atoms in total. The Kier molecular flexibility index (Phi) is 9.70. The fraction of sp³-hybridized carbons (Fsp3) is 0.304. The van der Waals surface area contributed by atoms with E-state index in [9.17, 15) is 0 Å². The number of benzene rings is 2. The molecule has 0 aliphatic carbocycles. The van der Waals surface area contributed by atoms with Crippen molar-refractivity contribution in [2.45, 2.75) is 32.4 Å². The van der Waals surface area contributed by atoms with Crippen molar-refractivity contribution in [3.63, 3.8) is 0 Å². The van der Waals surface area contributed by atoms with Crippen molar-refractivity contribution in [1.82, 2.24) is 20.4 Å². The number of aromatic nitrogens is 2. The van der Waals surface area contributed by atoms with Crippen LogP contribution in [0.2, 0.25) is 0 Å². The van der Waals surface area contributed by atoms with Crippen molar-refractivity contribution in [2.24, 2.45) is 4.99 Å².